The second kappa shape index (κ2) is 8.23. The second-order valence-electron chi connectivity index (χ2n) is 7.00. The summed E-state index contributed by atoms with van der Waals surface area (Å²) in [6, 6.07) is 19.6. The van der Waals surface area contributed by atoms with E-state index in [2.05, 4.69) is 10.1 Å². The van der Waals surface area contributed by atoms with Crippen LogP contribution in [0.4, 0.5) is 11.4 Å². The Morgan fingerprint density at radius 2 is 1.55 bits per heavy atom. The highest BCUT2D eigenvalue weighted by molar-refractivity contribution is 7.92. The van der Waals surface area contributed by atoms with Crippen molar-refractivity contribution >= 4 is 33.3 Å². The largest absolute Gasteiger partial charge is 0.465 e. The van der Waals surface area contributed by atoms with Crippen LogP contribution >= 0.6 is 0 Å². The number of esters is 1. The standard InChI is InChI=1S/C23H20N2O5S/c1-30-23(27)18-8-6-17(7-9-18)22(26)24-19-10-12-20(13-11-19)31(28,29)25-15-14-16-4-2-3-5-21(16)25/h2-13H,14-15H2,1H3,(H,24,26). The molecule has 0 saturated heterocycles. The predicted molar refractivity (Wildman–Crippen MR) is 117 cm³/mol. The Morgan fingerprint density at radius 3 is 2.23 bits per heavy atom. The van der Waals surface area contributed by atoms with E-state index in [4.69, 9.17) is 0 Å². The van der Waals surface area contributed by atoms with Crippen LogP contribution in [-0.4, -0.2) is 33.9 Å². The minimum absolute atomic E-state index is 0.157. The molecule has 0 unspecified atom stereocenters. The maximum atomic E-state index is 13.1. The second-order valence-corrected chi connectivity index (χ2v) is 8.87. The molecule has 0 atom stereocenters. The van der Waals surface area contributed by atoms with Crippen LogP contribution in [0.25, 0.3) is 0 Å². The molecule has 1 amide bonds. The van der Waals surface area contributed by atoms with Gasteiger partial charge < -0.3 is 10.1 Å². The van der Waals surface area contributed by atoms with Crippen LogP contribution in [0.5, 0.6) is 0 Å². The Hall–Kier alpha value is -3.65. The number of ether oxygens (including phenoxy) is 1. The molecule has 8 heteroatoms. The van der Waals surface area contributed by atoms with E-state index in [-0.39, 0.29) is 10.8 Å². The molecule has 0 spiro atoms. The topological polar surface area (TPSA) is 92.8 Å². The Balaban J connectivity index is 1.48. The lowest BCUT2D eigenvalue weighted by Gasteiger charge is -2.19. The number of para-hydroxylation sites is 1. The molecule has 0 aromatic heterocycles. The van der Waals surface area contributed by atoms with E-state index in [0.29, 0.717) is 35.5 Å². The first kappa shape index (κ1) is 20.6. The van der Waals surface area contributed by atoms with Gasteiger partial charge in [0.2, 0.25) is 0 Å². The molecule has 3 aromatic rings. The maximum absolute atomic E-state index is 13.1. The van der Waals surface area contributed by atoms with Crippen LogP contribution in [-0.2, 0) is 21.2 Å². The molecule has 0 aliphatic carbocycles. The number of methoxy groups -OCH3 is 1. The van der Waals surface area contributed by atoms with Gasteiger partial charge in [0.05, 0.1) is 23.3 Å². The van der Waals surface area contributed by atoms with Gasteiger partial charge in [-0.15, -0.1) is 0 Å². The van der Waals surface area contributed by atoms with Crippen molar-refractivity contribution in [2.45, 2.75) is 11.3 Å². The number of nitrogens with zero attached hydrogens (tertiary/aromatic N) is 1. The van der Waals surface area contributed by atoms with Crippen molar-refractivity contribution in [3.8, 4) is 0 Å². The number of sulfonamides is 1. The van der Waals surface area contributed by atoms with Crippen LogP contribution in [0.3, 0.4) is 0 Å². The highest BCUT2D eigenvalue weighted by atomic mass is 32.2. The van der Waals surface area contributed by atoms with Crippen LogP contribution < -0.4 is 9.62 Å². The smallest absolute Gasteiger partial charge is 0.337 e. The van der Waals surface area contributed by atoms with Gasteiger partial charge in [-0.2, -0.15) is 0 Å². The third-order valence-corrected chi connectivity index (χ3v) is 6.94. The average Bonchev–Trinajstić information content (AvgIpc) is 3.24. The highest BCUT2D eigenvalue weighted by Crippen LogP contribution is 2.32. The number of hydrogen-bond acceptors (Lipinski definition) is 5. The number of hydrogen-bond donors (Lipinski definition) is 1. The third-order valence-electron chi connectivity index (χ3n) is 5.11. The van der Waals surface area contributed by atoms with Gasteiger partial charge in [-0.05, 0) is 66.6 Å². The van der Waals surface area contributed by atoms with Gasteiger partial charge in [0.1, 0.15) is 0 Å². The van der Waals surface area contributed by atoms with Gasteiger partial charge in [0.15, 0.2) is 0 Å². The molecular formula is C23H20N2O5S. The van der Waals surface area contributed by atoms with E-state index in [1.807, 2.05) is 18.2 Å². The van der Waals surface area contributed by atoms with Crippen molar-refractivity contribution in [1.82, 2.24) is 0 Å². The van der Waals surface area contributed by atoms with E-state index in [1.165, 1.54) is 47.8 Å². The first-order valence-corrected chi connectivity index (χ1v) is 11.0. The van der Waals surface area contributed by atoms with E-state index in [1.54, 1.807) is 18.2 Å². The van der Waals surface area contributed by atoms with E-state index in [9.17, 15) is 18.0 Å². The lowest BCUT2D eigenvalue weighted by atomic mass is 10.1. The molecule has 7 nitrogen and oxygen atoms in total. The molecule has 3 aromatic carbocycles. The lowest BCUT2D eigenvalue weighted by Crippen LogP contribution is -2.29. The first-order valence-electron chi connectivity index (χ1n) is 9.60. The fraction of sp³-hybridized carbons (Fsp3) is 0.130. The number of fused-ring (bicyclic) bond motifs is 1. The maximum Gasteiger partial charge on any atom is 0.337 e. The molecule has 31 heavy (non-hydrogen) atoms. The van der Waals surface area contributed by atoms with Gasteiger partial charge in [-0.1, -0.05) is 18.2 Å². The molecule has 0 bridgehead atoms. The van der Waals surface area contributed by atoms with Crippen molar-refractivity contribution in [2.75, 3.05) is 23.3 Å². The van der Waals surface area contributed by atoms with Crippen molar-refractivity contribution in [3.05, 3.63) is 89.5 Å². The zero-order valence-electron chi connectivity index (χ0n) is 16.7. The summed E-state index contributed by atoms with van der Waals surface area (Å²) in [6.45, 7) is 0.405. The van der Waals surface area contributed by atoms with E-state index < -0.39 is 16.0 Å². The number of nitrogens with one attached hydrogen (secondary N) is 1. The van der Waals surface area contributed by atoms with E-state index >= 15 is 0 Å². The van der Waals surface area contributed by atoms with Gasteiger partial charge in [-0.3, -0.25) is 9.10 Å². The summed E-state index contributed by atoms with van der Waals surface area (Å²) in [5.41, 5.74) is 2.88. The normalized spacial score (nSPS) is 12.9. The minimum Gasteiger partial charge on any atom is -0.465 e. The molecule has 4 rings (SSSR count). The highest BCUT2D eigenvalue weighted by Gasteiger charge is 2.30. The summed E-state index contributed by atoms with van der Waals surface area (Å²) in [6.07, 6.45) is 0.679. The summed E-state index contributed by atoms with van der Waals surface area (Å²) in [5.74, 6) is -0.857. The summed E-state index contributed by atoms with van der Waals surface area (Å²) in [4.78, 5) is 24.1. The third kappa shape index (κ3) is 4.02. The molecule has 1 heterocycles. The van der Waals surface area contributed by atoms with Crippen molar-refractivity contribution in [2.24, 2.45) is 0 Å². The van der Waals surface area contributed by atoms with Crippen LogP contribution in [0.15, 0.2) is 77.7 Å². The van der Waals surface area contributed by atoms with Crippen LogP contribution in [0.1, 0.15) is 26.3 Å². The number of amides is 1. The summed E-state index contributed by atoms with van der Waals surface area (Å²) >= 11 is 0. The summed E-state index contributed by atoms with van der Waals surface area (Å²) in [5, 5.41) is 2.72. The summed E-state index contributed by atoms with van der Waals surface area (Å²) in [7, 11) is -2.40. The lowest BCUT2D eigenvalue weighted by molar-refractivity contribution is 0.0600. The van der Waals surface area contributed by atoms with Gasteiger partial charge >= 0.3 is 5.97 Å². The Bertz CT molecular complexity index is 1240. The molecule has 0 fully saturated rings. The Labute approximate surface area is 180 Å². The number of carbonyl (C=O) groups is 2. The molecule has 0 radical (unpaired) electrons. The molecule has 0 saturated carbocycles. The van der Waals surface area contributed by atoms with Gasteiger partial charge in [0.25, 0.3) is 15.9 Å². The zero-order valence-corrected chi connectivity index (χ0v) is 17.6. The van der Waals surface area contributed by atoms with Crippen molar-refractivity contribution < 1.29 is 22.7 Å². The Kier molecular flexibility index (Phi) is 5.48. The Morgan fingerprint density at radius 1 is 0.903 bits per heavy atom. The molecule has 1 aliphatic rings. The first-order chi connectivity index (χ1) is 14.9. The monoisotopic (exact) mass is 436 g/mol. The summed E-state index contributed by atoms with van der Waals surface area (Å²) < 4.78 is 32.2. The fourth-order valence-electron chi connectivity index (χ4n) is 3.47. The molecule has 1 N–H and O–H groups in total. The number of carbonyl (C=O) groups excluding carboxylic acids is 2. The number of anilines is 2. The van der Waals surface area contributed by atoms with Gasteiger partial charge in [-0.25, -0.2) is 13.2 Å². The molecule has 1 aliphatic heterocycles. The minimum atomic E-state index is -3.69. The zero-order chi connectivity index (χ0) is 22.0. The van der Waals surface area contributed by atoms with Gasteiger partial charge in [0, 0.05) is 17.8 Å². The SMILES string of the molecule is COC(=O)c1ccc(C(=O)Nc2ccc(S(=O)(=O)N3CCc4ccccc43)cc2)cc1. The van der Waals surface area contributed by atoms with Crippen LogP contribution in [0, 0.1) is 0 Å². The molecule has 158 valence electrons. The van der Waals surface area contributed by atoms with Crippen LogP contribution in [0.2, 0.25) is 0 Å². The number of benzene rings is 3. The fourth-order valence-corrected chi connectivity index (χ4v) is 4.98. The number of rotatable bonds is 5. The molecular weight excluding hydrogens is 416 g/mol. The van der Waals surface area contributed by atoms with E-state index in [0.717, 1.165) is 5.56 Å². The quantitative estimate of drug-likeness (QED) is 0.618. The van der Waals surface area contributed by atoms with Crippen molar-refractivity contribution in [3.63, 3.8) is 0 Å². The average molecular weight is 436 g/mol. The predicted octanol–water partition coefficient (Wildman–Crippen LogP) is 3.48. The van der Waals surface area contributed by atoms with Crippen molar-refractivity contribution in [1.29, 1.82) is 0 Å².